The summed E-state index contributed by atoms with van der Waals surface area (Å²) >= 11 is 0. The monoisotopic (exact) mass is 337 g/mol. The van der Waals surface area contributed by atoms with Gasteiger partial charge in [0, 0.05) is 30.0 Å². The maximum atomic E-state index is 4.88. The lowest BCUT2D eigenvalue weighted by molar-refractivity contribution is 0.504. The summed E-state index contributed by atoms with van der Waals surface area (Å²) in [5.41, 5.74) is 5.58. The number of rotatable bonds is 2. The Morgan fingerprint density at radius 1 is 0.960 bits per heavy atom. The Kier molecular flexibility index (Phi) is 3.75. The minimum absolute atomic E-state index is 0.545. The highest BCUT2D eigenvalue weighted by molar-refractivity contribution is 5.50. The van der Waals surface area contributed by atoms with Gasteiger partial charge in [0.25, 0.3) is 0 Å². The van der Waals surface area contributed by atoms with Crippen molar-refractivity contribution in [3.63, 3.8) is 0 Å². The van der Waals surface area contributed by atoms with Gasteiger partial charge in [-0.25, -0.2) is 15.0 Å². The molecule has 2 aromatic heterocycles. The molecule has 0 unspecified atom stereocenters. The van der Waals surface area contributed by atoms with Crippen molar-refractivity contribution in [2.45, 2.75) is 70.8 Å². The normalized spacial score (nSPS) is 22.8. The lowest BCUT2D eigenvalue weighted by Gasteiger charge is -2.25. The number of anilines is 1. The number of aromatic nitrogens is 4. The fourth-order valence-corrected chi connectivity index (χ4v) is 5.10. The first kappa shape index (κ1) is 15.4. The molecule has 0 spiro atoms. The first-order chi connectivity index (χ1) is 12.3. The van der Waals surface area contributed by atoms with Crippen molar-refractivity contribution in [3.05, 3.63) is 34.8 Å². The molecule has 5 rings (SSSR count). The van der Waals surface area contributed by atoms with E-state index in [0.29, 0.717) is 6.04 Å². The molecule has 0 amide bonds. The second kappa shape index (κ2) is 6.11. The molecule has 0 radical (unpaired) electrons. The van der Waals surface area contributed by atoms with Crippen molar-refractivity contribution >= 4 is 5.82 Å². The molecule has 1 saturated heterocycles. The van der Waals surface area contributed by atoms with E-state index in [2.05, 4.69) is 26.4 Å². The zero-order valence-electron chi connectivity index (χ0n) is 15.2. The Bertz CT molecular complexity index is 794. The molecule has 1 fully saturated rings. The van der Waals surface area contributed by atoms with Gasteiger partial charge in [-0.3, -0.25) is 0 Å². The van der Waals surface area contributed by atoms with Crippen LogP contribution in [0.5, 0.6) is 0 Å². The summed E-state index contributed by atoms with van der Waals surface area (Å²) in [5, 5.41) is 0. The second-order valence-electron chi connectivity index (χ2n) is 7.85. The maximum absolute atomic E-state index is 4.88. The number of fused-ring (bicyclic) bond motifs is 2. The average Bonchev–Trinajstić information content (AvgIpc) is 3.24. The van der Waals surface area contributed by atoms with E-state index in [0.717, 1.165) is 25.9 Å². The highest BCUT2D eigenvalue weighted by Crippen LogP contribution is 2.34. The van der Waals surface area contributed by atoms with E-state index in [-0.39, 0.29) is 0 Å². The molecular weight excluding hydrogens is 310 g/mol. The Balaban J connectivity index is 1.44. The standard InChI is InChI=1S/C20H27N5/c1-14-23-18-8-4-5-9-19(18)25(14)15-10-11-24(12-15)20-16-6-2-3-7-17(16)21-13-22-20/h13,15H,2-12H2,1H3/t15-/m1/s1. The Morgan fingerprint density at radius 3 is 2.68 bits per heavy atom. The van der Waals surface area contributed by atoms with Gasteiger partial charge >= 0.3 is 0 Å². The smallest absolute Gasteiger partial charge is 0.135 e. The van der Waals surface area contributed by atoms with Crippen molar-refractivity contribution in [1.29, 1.82) is 0 Å². The zero-order valence-corrected chi connectivity index (χ0v) is 15.2. The van der Waals surface area contributed by atoms with Crippen LogP contribution in [-0.2, 0) is 25.7 Å². The van der Waals surface area contributed by atoms with Crippen LogP contribution in [0, 0.1) is 6.92 Å². The largest absolute Gasteiger partial charge is 0.354 e. The lowest BCUT2D eigenvalue weighted by atomic mass is 9.96. The summed E-state index contributed by atoms with van der Waals surface area (Å²) in [6.45, 7) is 4.35. The quantitative estimate of drug-likeness (QED) is 0.844. The summed E-state index contributed by atoms with van der Waals surface area (Å²) in [5.74, 6) is 2.42. The van der Waals surface area contributed by atoms with Gasteiger partial charge in [0.15, 0.2) is 0 Å². The molecule has 3 aliphatic rings. The zero-order chi connectivity index (χ0) is 16.8. The average molecular weight is 337 g/mol. The Labute approximate surface area is 149 Å². The minimum Gasteiger partial charge on any atom is -0.354 e. The summed E-state index contributed by atoms with van der Waals surface area (Å²) < 4.78 is 2.56. The number of imidazole rings is 1. The molecule has 132 valence electrons. The molecule has 1 aliphatic heterocycles. The molecule has 0 saturated carbocycles. The van der Waals surface area contributed by atoms with Crippen molar-refractivity contribution in [2.24, 2.45) is 0 Å². The summed E-state index contributed by atoms with van der Waals surface area (Å²) in [4.78, 5) is 16.6. The molecule has 3 heterocycles. The highest BCUT2D eigenvalue weighted by Gasteiger charge is 2.31. The molecule has 5 heteroatoms. The van der Waals surface area contributed by atoms with Crippen molar-refractivity contribution in [2.75, 3.05) is 18.0 Å². The predicted octanol–water partition coefficient (Wildman–Crippen LogP) is 3.19. The van der Waals surface area contributed by atoms with Crippen molar-refractivity contribution < 1.29 is 0 Å². The van der Waals surface area contributed by atoms with Gasteiger partial charge in [0.2, 0.25) is 0 Å². The van der Waals surface area contributed by atoms with E-state index in [9.17, 15) is 0 Å². The molecule has 0 aromatic carbocycles. The van der Waals surface area contributed by atoms with Gasteiger partial charge < -0.3 is 9.47 Å². The van der Waals surface area contributed by atoms with Crippen LogP contribution in [0.3, 0.4) is 0 Å². The molecule has 5 nitrogen and oxygen atoms in total. The van der Waals surface area contributed by atoms with E-state index in [1.165, 1.54) is 79.2 Å². The Hall–Kier alpha value is -1.91. The van der Waals surface area contributed by atoms with Crippen LogP contribution >= 0.6 is 0 Å². The van der Waals surface area contributed by atoms with Crippen LogP contribution in [-0.4, -0.2) is 32.6 Å². The second-order valence-corrected chi connectivity index (χ2v) is 7.85. The van der Waals surface area contributed by atoms with Gasteiger partial charge in [-0.05, 0) is 64.7 Å². The molecule has 1 atom stereocenters. The predicted molar refractivity (Wildman–Crippen MR) is 98.1 cm³/mol. The first-order valence-corrected chi connectivity index (χ1v) is 9.95. The van der Waals surface area contributed by atoms with Gasteiger partial charge in [0.05, 0.1) is 11.7 Å². The highest BCUT2D eigenvalue weighted by atomic mass is 15.3. The first-order valence-electron chi connectivity index (χ1n) is 9.95. The molecule has 2 aromatic rings. The third-order valence-electron chi connectivity index (χ3n) is 6.28. The fourth-order valence-electron chi connectivity index (χ4n) is 5.10. The van der Waals surface area contributed by atoms with Crippen LogP contribution in [0.1, 0.15) is 66.6 Å². The Morgan fingerprint density at radius 2 is 1.76 bits per heavy atom. The van der Waals surface area contributed by atoms with E-state index in [1.54, 1.807) is 6.33 Å². The number of nitrogens with zero attached hydrogens (tertiary/aromatic N) is 5. The summed E-state index contributed by atoms with van der Waals surface area (Å²) in [6.07, 6.45) is 12.8. The summed E-state index contributed by atoms with van der Waals surface area (Å²) in [7, 11) is 0. The summed E-state index contributed by atoms with van der Waals surface area (Å²) in [6, 6.07) is 0.545. The topological polar surface area (TPSA) is 46.8 Å². The SMILES string of the molecule is Cc1nc2c(n1[C@@H]1CCN(c3ncnc4c3CCCC4)C1)CCCC2. The van der Waals surface area contributed by atoms with Gasteiger partial charge in [0.1, 0.15) is 18.0 Å². The number of aryl methyl sites for hydroxylation is 3. The maximum Gasteiger partial charge on any atom is 0.135 e. The molecule has 25 heavy (non-hydrogen) atoms. The van der Waals surface area contributed by atoms with Crippen LogP contribution in [0.2, 0.25) is 0 Å². The number of hydrogen-bond acceptors (Lipinski definition) is 4. The van der Waals surface area contributed by atoms with Crippen LogP contribution in [0.25, 0.3) is 0 Å². The third-order valence-corrected chi connectivity index (χ3v) is 6.28. The molecule has 0 bridgehead atoms. The molecule has 0 N–H and O–H groups in total. The van der Waals surface area contributed by atoms with E-state index in [1.807, 2.05) is 0 Å². The van der Waals surface area contributed by atoms with Crippen LogP contribution in [0.15, 0.2) is 6.33 Å². The van der Waals surface area contributed by atoms with E-state index < -0.39 is 0 Å². The van der Waals surface area contributed by atoms with Crippen molar-refractivity contribution in [3.8, 4) is 0 Å². The fraction of sp³-hybridized carbons (Fsp3) is 0.650. The van der Waals surface area contributed by atoms with Crippen LogP contribution < -0.4 is 4.90 Å². The van der Waals surface area contributed by atoms with E-state index in [4.69, 9.17) is 4.98 Å². The van der Waals surface area contributed by atoms with E-state index >= 15 is 0 Å². The van der Waals surface area contributed by atoms with Gasteiger partial charge in [-0.15, -0.1) is 0 Å². The lowest BCUT2D eigenvalue weighted by Crippen LogP contribution is -2.25. The minimum atomic E-state index is 0.545. The van der Waals surface area contributed by atoms with Gasteiger partial charge in [-0.2, -0.15) is 0 Å². The molecule has 2 aliphatic carbocycles. The van der Waals surface area contributed by atoms with Crippen LogP contribution in [0.4, 0.5) is 5.82 Å². The third kappa shape index (κ3) is 2.55. The molecular formula is C20H27N5. The van der Waals surface area contributed by atoms with Gasteiger partial charge in [-0.1, -0.05) is 0 Å². The van der Waals surface area contributed by atoms with Crippen molar-refractivity contribution in [1.82, 2.24) is 19.5 Å². The number of hydrogen-bond donors (Lipinski definition) is 0.